The van der Waals surface area contributed by atoms with Gasteiger partial charge in [0.15, 0.2) is 5.13 Å². The lowest BCUT2D eigenvalue weighted by Crippen LogP contribution is -2.25. The Morgan fingerprint density at radius 2 is 2.33 bits per heavy atom. The number of likely N-dealkylation sites (N-methyl/N-ethyl adjacent to an activating group) is 1. The van der Waals surface area contributed by atoms with Gasteiger partial charge in [0.1, 0.15) is 5.75 Å². The molecular formula is C18H23N3O2S. The summed E-state index contributed by atoms with van der Waals surface area (Å²) in [7, 11) is 2.10. The van der Waals surface area contributed by atoms with Gasteiger partial charge in [-0.25, -0.2) is 4.98 Å². The van der Waals surface area contributed by atoms with Crippen LogP contribution in [0.25, 0.3) is 0 Å². The lowest BCUT2D eigenvalue weighted by Gasteiger charge is -2.20. The number of thiazole rings is 1. The van der Waals surface area contributed by atoms with Crippen molar-refractivity contribution in [3.8, 4) is 5.75 Å². The molecule has 24 heavy (non-hydrogen) atoms. The number of fused-ring (bicyclic) bond motifs is 1. The molecule has 0 saturated heterocycles. The topological polar surface area (TPSA) is 54.5 Å². The molecule has 128 valence electrons. The van der Waals surface area contributed by atoms with Gasteiger partial charge < -0.3 is 9.64 Å². The van der Waals surface area contributed by atoms with Crippen LogP contribution < -0.4 is 10.1 Å². The van der Waals surface area contributed by atoms with E-state index in [-0.39, 0.29) is 5.91 Å². The maximum atomic E-state index is 12.5. The lowest BCUT2D eigenvalue weighted by atomic mass is 10.2. The predicted octanol–water partition coefficient (Wildman–Crippen LogP) is 3.56. The fourth-order valence-electron chi connectivity index (χ4n) is 2.61. The van der Waals surface area contributed by atoms with Crippen LogP contribution in [0.4, 0.5) is 5.13 Å². The number of unbranched alkanes of at least 4 members (excludes halogenated alkanes) is 1. The minimum absolute atomic E-state index is 0.143. The number of rotatable bonds is 6. The third-order valence-electron chi connectivity index (χ3n) is 4.01. The Bertz CT molecular complexity index is 714. The molecule has 0 atom stereocenters. The van der Waals surface area contributed by atoms with Crippen molar-refractivity contribution in [2.24, 2.45) is 0 Å². The van der Waals surface area contributed by atoms with Gasteiger partial charge in [0, 0.05) is 30.0 Å². The van der Waals surface area contributed by atoms with E-state index in [4.69, 9.17) is 4.74 Å². The first kappa shape index (κ1) is 16.9. The van der Waals surface area contributed by atoms with Crippen molar-refractivity contribution in [3.63, 3.8) is 0 Å². The maximum absolute atomic E-state index is 12.5. The molecule has 0 aliphatic carbocycles. The van der Waals surface area contributed by atoms with Crippen LogP contribution in [0.3, 0.4) is 0 Å². The second-order valence-electron chi connectivity index (χ2n) is 6.06. The third-order valence-corrected chi connectivity index (χ3v) is 5.00. The highest BCUT2D eigenvalue weighted by Gasteiger charge is 2.19. The molecule has 1 aliphatic rings. The van der Waals surface area contributed by atoms with E-state index in [1.54, 1.807) is 23.5 Å². The van der Waals surface area contributed by atoms with Gasteiger partial charge in [0.05, 0.1) is 12.3 Å². The number of carbonyl (C=O) groups is 1. The largest absolute Gasteiger partial charge is 0.494 e. The van der Waals surface area contributed by atoms with E-state index in [0.29, 0.717) is 17.3 Å². The van der Waals surface area contributed by atoms with Crippen LogP contribution in [0.2, 0.25) is 0 Å². The molecule has 0 saturated carbocycles. The Morgan fingerprint density at radius 1 is 1.46 bits per heavy atom. The summed E-state index contributed by atoms with van der Waals surface area (Å²) in [6.07, 6.45) is 3.04. The number of anilines is 1. The fraction of sp³-hybridized carbons (Fsp3) is 0.444. The minimum Gasteiger partial charge on any atom is -0.494 e. The minimum atomic E-state index is -0.143. The van der Waals surface area contributed by atoms with Crippen molar-refractivity contribution in [1.29, 1.82) is 0 Å². The van der Waals surface area contributed by atoms with Gasteiger partial charge in [-0.15, -0.1) is 11.3 Å². The number of aromatic nitrogens is 1. The lowest BCUT2D eigenvalue weighted by molar-refractivity contribution is 0.102. The highest BCUT2D eigenvalue weighted by molar-refractivity contribution is 7.15. The predicted molar refractivity (Wildman–Crippen MR) is 97.0 cm³/mol. The fourth-order valence-corrected chi connectivity index (χ4v) is 3.69. The smallest absolute Gasteiger partial charge is 0.257 e. The van der Waals surface area contributed by atoms with Gasteiger partial charge in [-0.05, 0) is 31.7 Å². The summed E-state index contributed by atoms with van der Waals surface area (Å²) >= 11 is 1.57. The molecule has 0 bridgehead atoms. The molecule has 5 nitrogen and oxygen atoms in total. The summed E-state index contributed by atoms with van der Waals surface area (Å²) in [5, 5.41) is 3.60. The van der Waals surface area contributed by atoms with Gasteiger partial charge in [-0.3, -0.25) is 10.1 Å². The van der Waals surface area contributed by atoms with Crippen LogP contribution in [0.1, 0.15) is 40.7 Å². The normalized spacial score (nSPS) is 14.2. The summed E-state index contributed by atoms with van der Waals surface area (Å²) in [6.45, 7) is 4.72. The quantitative estimate of drug-likeness (QED) is 0.813. The van der Waals surface area contributed by atoms with Crippen LogP contribution in [0, 0.1) is 0 Å². The zero-order valence-electron chi connectivity index (χ0n) is 14.2. The molecule has 6 heteroatoms. The molecule has 0 unspecified atom stereocenters. The number of ether oxygens (including phenoxy) is 1. The molecule has 0 fully saturated rings. The Labute approximate surface area is 146 Å². The Hall–Kier alpha value is -1.92. The van der Waals surface area contributed by atoms with Crippen molar-refractivity contribution >= 4 is 22.4 Å². The molecule has 1 aliphatic heterocycles. The zero-order valence-corrected chi connectivity index (χ0v) is 15.0. The maximum Gasteiger partial charge on any atom is 0.257 e. The van der Waals surface area contributed by atoms with Crippen LogP contribution in [0.15, 0.2) is 24.3 Å². The molecule has 0 spiro atoms. The molecule has 1 N–H and O–H groups in total. The highest BCUT2D eigenvalue weighted by atomic mass is 32.1. The monoisotopic (exact) mass is 345 g/mol. The number of nitrogens with one attached hydrogen (secondary N) is 1. The number of nitrogens with zero attached hydrogens (tertiary/aromatic N) is 2. The number of benzene rings is 1. The Balaban J connectivity index is 1.65. The first-order valence-corrected chi connectivity index (χ1v) is 9.18. The first-order chi connectivity index (χ1) is 11.7. The van der Waals surface area contributed by atoms with Gasteiger partial charge >= 0.3 is 0 Å². The first-order valence-electron chi connectivity index (χ1n) is 8.37. The van der Waals surface area contributed by atoms with Gasteiger partial charge in [0.2, 0.25) is 0 Å². The molecule has 1 aromatic carbocycles. The van der Waals surface area contributed by atoms with E-state index >= 15 is 0 Å². The Kier molecular flexibility index (Phi) is 5.48. The van der Waals surface area contributed by atoms with Crippen LogP contribution in [-0.4, -0.2) is 36.0 Å². The number of hydrogen-bond donors (Lipinski definition) is 1. The zero-order chi connectivity index (χ0) is 16.9. The van der Waals surface area contributed by atoms with Gasteiger partial charge in [-0.2, -0.15) is 0 Å². The van der Waals surface area contributed by atoms with E-state index in [0.717, 1.165) is 43.8 Å². The van der Waals surface area contributed by atoms with Crippen LogP contribution >= 0.6 is 11.3 Å². The average Bonchev–Trinajstić information content (AvgIpc) is 2.96. The summed E-state index contributed by atoms with van der Waals surface area (Å²) in [5.74, 6) is 0.589. The number of carbonyl (C=O) groups excluding carboxylic acids is 1. The molecule has 1 amide bonds. The van der Waals surface area contributed by atoms with Crippen molar-refractivity contribution < 1.29 is 9.53 Å². The van der Waals surface area contributed by atoms with Crippen molar-refractivity contribution in [2.75, 3.05) is 25.5 Å². The SMILES string of the molecule is CCCCOc1cccc(C(=O)Nc2nc3c(s2)CN(C)CC3)c1. The molecule has 0 radical (unpaired) electrons. The molecule has 2 aromatic rings. The van der Waals surface area contributed by atoms with Gasteiger partial charge in [0.25, 0.3) is 5.91 Å². The molecular weight excluding hydrogens is 322 g/mol. The molecule has 1 aromatic heterocycles. The molecule has 3 rings (SSSR count). The van der Waals surface area contributed by atoms with Crippen molar-refractivity contribution in [1.82, 2.24) is 9.88 Å². The average molecular weight is 345 g/mol. The van der Waals surface area contributed by atoms with E-state index < -0.39 is 0 Å². The summed E-state index contributed by atoms with van der Waals surface area (Å²) < 4.78 is 5.67. The second-order valence-corrected chi connectivity index (χ2v) is 7.14. The van der Waals surface area contributed by atoms with Crippen molar-refractivity contribution in [3.05, 3.63) is 40.4 Å². The number of hydrogen-bond acceptors (Lipinski definition) is 5. The van der Waals surface area contributed by atoms with Crippen LogP contribution in [-0.2, 0) is 13.0 Å². The van der Waals surface area contributed by atoms with E-state index in [1.165, 1.54) is 4.88 Å². The highest BCUT2D eigenvalue weighted by Crippen LogP contribution is 2.28. The third kappa shape index (κ3) is 4.13. The summed E-state index contributed by atoms with van der Waals surface area (Å²) in [5.41, 5.74) is 1.71. The number of amides is 1. The van der Waals surface area contributed by atoms with Gasteiger partial charge in [-0.1, -0.05) is 19.4 Å². The second kappa shape index (κ2) is 7.77. The van der Waals surface area contributed by atoms with Crippen molar-refractivity contribution in [2.45, 2.75) is 32.7 Å². The van der Waals surface area contributed by atoms with E-state index in [1.807, 2.05) is 12.1 Å². The van der Waals surface area contributed by atoms with Crippen LogP contribution in [0.5, 0.6) is 5.75 Å². The molecule has 2 heterocycles. The summed E-state index contributed by atoms with van der Waals surface area (Å²) in [4.78, 5) is 20.5. The standard InChI is InChI=1S/C18H23N3O2S/c1-3-4-10-23-14-7-5-6-13(11-14)17(22)20-18-19-15-8-9-21(2)12-16(15)24-18/h5-7,11H,3-4,8-10,12H2,1-2H3,(H,19,20,22). The van der Waals surface area contributed by atoms with E-state index in [2.05, 4.69) is 29.2 Å². The van der Waals surface area contributed by atoms with E-state index in [9.17, 15) is 4.79 Å². The Morgan fingerprint density at radius 3 is 3.17 bits per heavy atom. The summed E-state index contributed by atoms with van der Waals surface area (Å²) in [6, 6.07) is 7.30.